The van der Waals surface area contributed by atoms with Gasteiger partial charge in [-0.1, -0.05) is 104 Å². The van der Waals surface area contributed by atoms with Gasteiger partial charge in [0, 0.05) is 23.6 Å². The molecule has 1 aromatic rings. The van der Waals surface area contributed by atoms with Crippen molar-refractivity contribution in [1.82, 2.24) is 5.32 Å². The highest BCUT2D eigenvalue weighted by Crippen LogP contribution is 2.43. The Labute approximate surface area is 262 Å². The Kier molecular flexibility index (Phi) is 7.09. The zero-order valence-electron chi connectivity index (χ0n) is 26.0. The molecule has 7 aliphatic rings. The highest BCUT2D eigenvalue weighted by Gasteiger charge is 2.32. The molecule has 5 atom stereocenters. The molecule has 0 spiro atoms. The summed E-state index contributed by atoms with van der Waals surface area (Å²) >= 11 is 0. The molecule has 0 saturated heterocycles. The highest BCUT2D eigenvalue weighted by molar-refractivity contribution is 6.13. The normalized spacial score (nSPS) is 30.6. The van der Waals surface area contributed by atoms with E-state index in [4.69, 9.17) is 4.99 Å². The molecule has 220 valence electrons. The maximum atomic E-state index is 5.44. The maximum absolute atomic E-state index is 5.44. The van der Waals surface area contributed by atoms with Crippen LogP contribution in [0.1, 0.15) is 57.9 Å². The number of nitrogens with zero attached hydrogens (tertiary/aromatic N) is 1. The summed E-state index contributed by atoms with van der Waals surface area (Å²) < 4.78 is 0. The molecule has 44 heavy (non-hydrogen) atoms. The van der Waals surface area contributed by atoms with E-state index in [0.29, 0.717) is 23.8 Å². The lowest BCUT2D eigenvalue weighted by atomic mass is 9.75. The van der Waals surface area contributed by atoms with E-state index in [2.05, 4.69) is 128 Å². The van der Waals surface area contributed by atoms with Gasteiger partial charge in [0.05, 0.1) is 11.8 Å². The van der Waals surface area contributed by atoms with Crippen LogP contribution in [0, 0.1) is 17.8 Å². The highest BCUT2D eigenvalue weighted by atomic mass is 14.9. The van der Waals surface area contributed by atoms with Crippen molar-refractivity contribution in [3.63, 3.8) is 0 Å². The van der Waals surface area contributed by atoms with Crippen molar-refractivity contribution < 1.29 is 0 Å². The average molecular weight is 575 g/mol. The van der Waals surface area contributed by atoms with Gasteiger partial charge in [-0.15, -0.1) is 0 Å². The fraction of sp³-hybridized carbons (Fsp3) is 0.310. The van der Waals surface area contributed by atoms with Gasteiger partial charge in [0.2, 0.25) is 0 Å². The Bertz CT molecular complexity index is 1750. The molecular formula is C42H42N2. The van der Waals surface area contributed by atoms with Crippen molar-refractivity contribution in [2.45, 2.75) is 64.5 Å². The number of nitrogens with one attached hydrogen (secondary N) is 1. The Morgan fingerprint density at radius 1 is 0.818 bits per heavy atom. The number of aliphatic imine (C=N–C) groups is 1. The van der Waals surface area contributed by atoms with E-state index in [1.165, 1.54) is 69.5 Å². The molecule has 5 unspecified atom stereocenters. The molecule has 5 aliphatic carbocycles. The molecule has 0 fully saturated rings. The minimum absolute atomic E-state index is 0.124. The Morgan fingerprint density at radius 2 is 1.68 bits per heavy atom. The number of hydrogen-bond donors (Lipinski definition) is 1. The Morgan fingerprint density at radius 3 is 2.55 bits per heavy atom. The first-order valence-corrected chi connectivity index (χ1v) is 16.7. The fourth-order valence-corrected chi connectivity index (χ4v) is 8.04. The van der Waals surface area contributed by atoms with Gasteiger partial charge >= 0.3 is 0 Å². The quantitative estimate of drug-likeness (QED) is 0.380. The van der Waals surface area contributed by atoms with Gasteiger partial charge in [-0.25, -0.2) is 0 Å². The Hall–Kier alpha value is -4.17. The number of rotatable bonds is 4. The van der Waals surface area contributed by atoms with Crippen LogP contribution in [0.3, 0.4) is 0 Å². The number of benzene rings is 1. The van der Waals surface area contributed by atoms with Gasteiger partial charge in [-0.05, 0) is 114 Å². The zero-order chi connectivity index (χ0) is 29.6. The third kappa shape index (κ3) is 5.15. The number of fused-ring (bicyclic) bond motifs is 2. The molecule has 1 N–H and O–H groups in total. The largest absolute Gasteiger partial charge is 0.382 e. The topological polar surface area (TPSA) is 24.4 Å². The first-order chi connectivity index (χ1) is 21.6. The van der Waals surface area contributed by atoms with Crippen LogP contribution in [0.2, 0.25) is 0 Å². The minimum Gasteiger partial charge on any atom is -0.382 e. The SMILES string of the molecule is CC1C=C(C2C=CC(C3=CC(C4=CCC5C=CC=CC5=C4)=NC4CC(c5ccccc5)=CC=C34)=CC2)C2=C(CCC(C)N2)C1. The van der Waals surface area contributed by atoms with Crippen LogP contribution in [-0.4, -0.2) is 17.8 Å². The summed E-state index contributed by atoms with van der Waals surface area (Å²) in [5.74, 6) is 1.53. The van der Waals surface area contributed by atoms with Crippen molar-refractivity contribution in [2.75, 3.05) is 0 Å². The lowest BCUT2D eigenvalue weighted by molar-refractivity contribution is 0.488. The second-order valence-corrected chi connectivity index (χ2v) is 13.6. The van der Waals surface area contributed by atoms with Crippen LogP contribution in [0.5, 0.6) is 0 Å². The second-order valence-electron chi connectivity index (χ2n) is 13.6. The van der Waals surface area contributed by atoms with E-state index in [9.17, 15) is 0 Å². The van der Waals surface area contributed by atoms with Crippen molar-refractivity contribution in [3.05, 3.63) is 160 Å². The predicted molar refractivity (Wildman–Crippen MR) is 185 cm³/mol. The summed E-state index contributed by atoms with van der Waals surface area (Å²) in [7, 11) is 0. The monoisotopic (exact) mass is 574 g/mol. The number of dihydropyridines is 1. The van der Waals surface area contributed by atoms with Gasteiger partial charge in [0.25, 0.3) is 0 Å². The van der Waals surface area contributed by atoms with E-state index >= 15 is 0 Å². The molecule has 2 heterocycles. The summed E-state index contributed by atoms with van der Waals surface area (Å²) in [6.45, 7) is 4.71. The Balaban J connectivity index is 1.13. The van der Waals surface area contributed by atoms with E-state index in [1.807, 2.05) is 0 Å². The maximum Gasteiger partial charge on any atom is 0.0802 e. The first-order valence-electron chi connectivity index (χ1n) is 16.7. The lowest BCUT2D eigenvalue weighted by Gasteiger charge is -2.36. The molecule has 2 heteroatoms. The van der Waals surface area contributed by atoms with Crippen molar-refractivity contribution in [2.24, 2.45) is 22.7 Å². The van der Waals surface area contributed by atoms with Crippen LogP contribution < -0.4 is 5.32 Å². The molecule has 2 aliphatic heterocycles. The van der Waals surface area contributed by atoms with Crippen molar-refractivity contribution >= 4 is 11.3 Å². The average Bonchev–Trinajstić information content (AvgIpc) is 3.07. The summed E-state index contributed by atoms with van der Waals surface area (Å²) in [4.78, 5) is 5.44. The van der Waals surface area contributed by atoms with Crippen molar-refractivity contribution in [1.29, 1.82) is 0 Å². The predicted octanol–water partition coefficient (Wildman–Crippen LogP) is 9.64. The van der Waals surface area contributed by atoms with Gasteiger partial charge in [0.15, 0.2) is 0 Å². The van der Waals surface area contributed by atoms with Crippen LogP contribution in [0.15, 0.2) is 159 Å². The molecule has 1 aromatic carbocycles. The van der Waals surface area contributed by atoms with E-state index in [1.54, 1.807) is 5.57 Å². The van der Waals surface area contributed by atoms with Crippen LogP contribution in [0.25, 0.3) is 5.57 Å². The molecule has 8 rings (SSSR count). The molecule has 0 amide bonds. The van der Waals surface area contributed by atoms with Crippen LogP contribution in [-0.2, 0) is 0 Å². The van der Waals surface area contributed by atoms with Crippen LogP contribution in [0.4, 0.5) is 0 Å². The minimum atomic E-state index is 0.124. The van der Waals surface area contributed by atoms with Crippen molar-refractivity contribution in [3.8, 4) is 0 Å². The van der Waals surface area contributed by atoms with E-state index in [-0.39, 0.29) is 6.04 Å². The molecular weight excluding hydrogens is 532 g/mol. The third-order valence-electron chi connectivity index (χ3n) is 10.4. The second kappa shape index (κ2) is 11.4. The van der Waals surface area contributed by atoms with E-state index in [0.717, 1.165) is 25.0 Å². The molecule has 0 radical (unpaired) electrons. The summed E-state index contributed by atoms with van der Waals surface area (Å²) in [6, 6.07) is 11.5. The summed E-state index contributed by atoms with van der Waals surface area (Å²) in [6.07, 6.45) is 37.4. The molecule has 0 aromatic heterocycles. The third-order valence-corrected chi connectivity index (χ3v) is 10.4. The number of hydrogen-bond acceptors (Lipinski definition) is 2. The molecule has 2 nitrogen and oxygen atoms in total. The van der Waals surface area contributed by atoms with Gasteiger partial charge in [0.1, 0.15) is 0 Å². The number of allylic oxidation sites excluding steroid dienone is 18. The summed E-state index contributed by atoms with van der Waals surface area (Å²) in [5, 5.41) is 3.87. The lowest BCUT2D eigenvalue weighted by Crippen LogP contribution is -2.34. The molecule has 0 saturated carbocycles. The van der Waals surface area contributed by atoms with Gasteiger partial charge < -0.3 is 5.32 Å². The standard InChI is InChI=1S/C42H42N2/c1-27-22-36-13-12-28(2)43-42(36)39(23-27)32-17-15-31(16-18-32)38-26-40(35-19-14-30-10-6-7-11-33(30)24-35)44-41-25-34(20-21-37(38)41)29-8-4-3-5-9-29/h3-11,15-17,19-21,23-24,26-28,30,32,41,43H,12-14,18,22,25H2,1-2H3. The van der Waals surface area contributed by atoms with E-state index < -0.39 is 0 Å². The molecule has 0 bridgehead atoms. The fourth-order valence-electron chi connectivity index (χ4n) is 8.04. The summed E-state index contributed by atoms with van der Waals surface area (Å²) in [5.41, 5.74) is 15.1. The first kappa shape index (κ1) is 27.4. The zero-order valence-corrected chi connectivity index (χ0v) is 26.0. The smallest absolute Gasteiger partial charge is 0.0802 e. The van der Waals surface area contributed by atoms with Gasteiger partial charge in [-0.3, -0.25) is 4.99 Å². The van der Waals surface area contributed by atoms with Crippen LogP contribution >= 0.6 is 0 Å². The van der Waals surface area contributed by atoms with Gasteiger partial charge in [-0.2, -0.15) is 0 Å².